The van der Waals surface area contributed by atoms with E-state index in [0.717, 1.165) is 15.8 Å². The zero-order valence-corrected chi connectivity index (χ0v) is 13.1. The molecule has 2 rings (SSSR count). The minimum absolute atomic E-state index is 0.250. The molecule has 2 aromatic carbocycles. The van der Waals surface area contributed by atoms with E-state index in [2.05, 4.69) is 26.5 Å². The van der Waals surface area contributed by atoms with E-state index in [-0.39, 0.29) is 5.91 Å². The average Bonchev–Trinajstić information content (AvgIpc) is 2.48. The summed E-state index contributed by atoms with van der Waals surface area (Å²) in [7, 11) is 0. The molecule has 21 heavy (non-hydrogen) atoms. The molecule has 0 fully saturated rings. The van der Waals surface area contributed by atoms with Gasteiger partial charge < -0.3 is 4.74 Å². The highest BCUT2D eigenvalue weighted by Crippen LogP contribution is 2.12. The number of nitrogens with one attached hydrogen (secondary N) is 1. The van der Waals surface area contributed by atoms with Gasteiger partial charge in [-0.3, -0.25) is 4.79 Å². The van der Waals surface area contributed by atoms with E-state index in [1.54, 1.807) is 18.3 Å². The van der Waals surface area contributed by atoms with E-state index in [9.17, 15) is 4.79 Å². The normalized spacial score (nSPS) is 10.6. The highest BCUT2D eigenvalue weighted by molar-refractivity contribution is 9.10. The maximum absolute atomic E-state index is 11.9. The summed E-state index contributed by atoms with van der Waals surface area (Å²) in [6.45, 7) is 2.54. The van der Waals surface area contributed by atoms with Crippen LogP contribution in [0.4, 0.5) is 0 Å². The second kappa shape index (κ2) is 7.59. The lowest BCUT2D eigenvalue weighted by molar-refractivity contribution is 0.0955. The molecule has 0 saturated heterocycles. The van der Waals surface area contributed by atoms with Crippen molar-refractivity contribution in [2.24, 2.45) is 5.10 Å². The summed E-state index contributed by atoms with van der Waals surface area (Å²) in [5.74, 6) is 0.528. The molecule has 0 heterocycles. The van der Waals surface area contributed by atoms with Crippen LogP contribution in [0.15, 0.2) is 58.1 Å². The zero-order chi connectivity index (χ0) is 15.1. The number of hydrogen-bond acceptors (Lipinski definition) is 3. The molecular formula is C16H15BrN2O2. The Morgan fingerprint density at radius 1 is 1.29 bits per heavy atom. The molecule has 108 valence electrons. The molecule has 0 aromatic heterocycles. The predicted molar refractivity (Wildman–Crippen MR) is 86.8 cm³/mol. The summed E-state index contributed by atoms with van der Waals surface area (Å²) in [4.78, 5) is 11.9. The first-order valence-electron chi connectivity index (χ1n) is 6.51. The Hall–Kier alpha value is -2.14. The molecule has 0 spiro atoms. The van der Waals surface area contributed by atoms with Crippen LogP contribution in [0.2, 0.25) is 0 Å². The fraction of sp³-hybridized carbons (Fsp3) is 0.125. The summed E-state index contributed by atoms with van der Waals surface area (Å²) in [5.41, 5.74) is 3.91. The summed E-state index contributed by atoms with van der Waals surface area (Å²) < 4.78 is 6.33. The molecule has 0 atom stereocenters. The second-order valence-corrected chi connectivity index (χ2v) is 5.13. The minimum Gasteiger partial charge on any atom is -0.494 e. The lowest BCUT2D eigenvalue weighted by Crippen LogP contribution is -2.17. The Balaban J connectivity index is 1.97. The third-order valence-electron chi connectivity index (χ3n) is 2.66. The van der Waals surface area contributed by atoms with Gasteiger partial charge in [0.05, 0.1) is 12.8 Å². The zero-order valence-electron chi connectivity index (χ0n) is 11.5. The molecule has 5 heteroatoms. The van der Waals surface area contributed by atoms with Crippen molar-refractivity contribution < 1.29 is 9.53 Å². The number of rotatable bonds is 5. The minimum atomic E-state index is -0.250. The number of nitrogens with zero attached hydrogens (tertiary/aromatic N) is 1. The van der Waals surface area contributed by atoms with E-state index < -0.39 is 0 Å². The summed E-state index contributed by atoms with van der Waals surface area (Å²) >= 11 is 3.32. The molecule has 2 aromatic rings. The van der Waals surface area contributed by atoms with Crippen LogP contribution < -0.4 is 10.2 Å². The van der Waals surface area contributed by atoms with Gasteiger partial charge in [0.25, 0.3) is 5.91 Å². The van der Waals surface area contributed by atoms with Crippen molar-refractivity contribution in [1.29, 1.82) is 0 Å². The smallest absolute Gasteiger partial charge is 0.271 e. The fourth-order valence-electron chi connectivity index (χ4n) is 1.68. The molecule has 1 N–H and O–H groups in total. The van der Waals surface area contributed by atoms with E-state index in [0.29, 0.717) is 12.2 Å². The molecule has 0 saturated carbocycles. The highest BCUT2D eigenvalue weighted by atomic mass is 79.9. The molecule has 0 bridgehead atoms. The Morgan fingerprint density at radius 2 is 2.05 bits per heavy atom. The first-order chi connectivity index (χ1) is 10.2. The monoisotopic (exact) mass is 346 g/mol. The largest absolute Gasteiger partial charge is 0.494 e. The number of benzene rings is 2. The Bertz CT molecular complexity index is 639. The van der Waals surface area contributed by atoms with Crippen molar-refractivity contribution in [3.8, 4) is 5.75 Å². The van der Waals surface area contributed by atoms with Crippen LogP contribution in [0, 0.1) is 0 Å². The number of amides is 1. The van der Waals surface area contributed by atoms with E-state index in [1.165, 1.54) is 0 Å². The van der Waals surface area contributed by atoms with Crippen LogP contribution in [0.5, 0.6) is 5.75 Å². The van der Waals surface area contributed by atoms with Gasteiger partial charge in [-0.05, 0) is 48.9 Å². The molecule has 1 amide bonds. The van der Waals surface area contributed by atoms with Crippen LogP contribution in [0.1, 0.15) is 22.8 Å². The van der Waals surface area contributed by atoms with Crippen LogP contribution in [0.3, 0.4) is 0 Å². The molecule has 0 aliphatic heterocycles. The maximum atomic E-state index is 11.9. The van der Waals surface area contributed by atoms with Gasteiger partial charge in [-0.25, -0.2) is 5.43 Å². The lowest BCUT2D eigenvalue weighted by atomic mass is 10.2. The van der Waals surface area contributed by atoms with Gasteiger partial charge in [-0.1, -0.05) is 28.1 Å². The molecule has 0 unspecified atom stereocenters. The number of halogens is 1. The molecule has 0 radical (unpaired) electrons. The van der Waals surface area contributed by atoms with Gasteiger partial charge in [-0.15, -0.1) is 0 Å². The van der Waals surface area contributed by atoms with Gasteiger partial charge in [0.1, 0.15) is 5.75 Å². The van der Waals surface area contributed by atoms with Crippen molar-refractivity contribution >= 4 is 28.1 Å². The van der Waals surface area contributed by atoms with Crippen LogP contribution in [-0.2, 0) is 0 Å². The topological polar surface area (TPSA) is 50.7 Å². The standard InChI is InChI=1S/C16H15BrN2O2/c1-2-21-15-5-3-4-12(10-15)11-18-19-16(20)13-6-8-14(17)9-7-13/h3-11H,2H2,1H3,(H,19,20)/b18-11+. The van der Waals surface area contributed by atoms with Crippen molar-refractivity contribution in [3.63, 3.8) is 0 Å². The molecule has 4 nitrogen and oxygen atoms in total. The Labute approximate surface area is 132 Å². The van der Waals surface area contributed by atoms with Crippen LogP contribution >= 0.6 is 15.9 Å². The van der Waals surface area contributed by atoms with Gasteiger partial charge in [0.2, 0.25) is 0 Å². The lowest BCUT2D eigenvalue weighted by Gasteiger charge is -2.03. The Morgan fingerprint density at radius 3 is 2.76 bits per heavy atom. The first kappa shape index (κ1) is 15.3. The third-order valence-corrected chi connectivity index (χ3v) is 3.18. The van der Waals surface area contributed by atoms with Crippen LogP contribution in [0.25, 0.3) is 0 Å². The number of carbonyl (C=O) groups excluding carboxylic acids is 1. The Kier molecular flexibility index (Phi) is 5.51. The number of hydrazone groups is 1. The van der Waals surface area contributed by atoms with Crippen molar-refractivity contribution in [2.75, 3.05) is 6.61 Å². The van der Waals surface area contributed by atoms with Gasteiger partial charge in [0.15, 0.2) is 0 Å². The first-order valence-corrected chi connectivity index (χ1v) is 7.30. The number of carbonyl (C=O) groups is 1. The SMILES string of the molecule is CCOc1cccc(/C=N/NC(=O)c2ccc(Br)cc2)c1. The van der Waals surface area contributed by atoms with E-state index >= 15 is 0 Å². The van der Waals surface area contributed by atoms with Gasteiger partial charge in [-0.2, -0.15) is 5.10 Å². The van der Waals surface area contributed by atoms with Crippen LogP contribution in [-0.4, -0.2) is 18.7 Å². The highest BCUT2D eigenvalue weighted by Gasteiger charge is 2.02. The average molecular weight is 347 g/mol. The van der Waals surface area contributed by atoms with E-state index in [4.69, 9.17) is 4.74 Å². The number of hydrogen-bond donors (Lipinski definition) is 1. The van der Waals surface area contributed by atoms with Crippen molar-refractivity contribution in [1.82, 2.24) is 5.43 Å². The second-order valence-electron chi connectivity index (χ2n) is 4.21. The van der Waals surface area contributed by atoms with Gasteiger partial charge in [0, 0.05) is 10.0 Å². The van der Waals surface area contributed by atoms with Crippen molar-refractivity contribution in [2.45, 2.75) is 6.92 Å². The molecule has 0 aliphatic carbocycles. The summed E-state index contributed by atoms with van der Waals surface area (Å²) in [6, 6.07) is 14.6. The summed E-state index contributed by atoms with van der Waals surface area (Å²) in [6.07, 6.45) is 1.58. The van der Waals surface area contributed by atoms with Gasteiger partial charge >= 0.3 is 0 Å². The van der Waals surface area contributed by atoms with E-state index in [1.807, 2.05) is 43.3 Å². The predicted octanol–water partition coefficient (Wildman–Crippen LogP) is 3.61. The fourth-order valence-corrected chi connectivity index (χ4v) is 1.95. The molecule has 0 aliphatic rings. The third kappa shape index (κ3) is 4.72. The quantitative estimate of drug-likeness (QED) is 0.664. The maximum Gasteiger partial charge on any atom is 0.271 e. The molecular weight excluding hydrogens is 332 g/mol. The summed E-state index contributed by atoms with van der Waals surface area (Å²) in [5, 5.41) is 3.95. The van der Waals surface area contributed by atoms with Crippen molar-refractivity contribution in [3.05, 3.63) is 64.1 Å². The number of ether oxygens (including phenoxy) is 1.